The molecule has 0 fully saturated rings. The van der Waals surface area contributed by atoms with E-state index in [0.717, 1.165) is 45.1 Å². The van der Waals surface area contributed by atoms with Gasteiger partial charge in [0.1, 0.15) is 5.82 Å². The van der Waals surface area contributed by atoms with Crippen LogP contribution in [0.4, 0.5) is 0 Å². The summed E-state index contributed by atoms with van der Waals surface area (Å²) in [6.07, 6.45) is 4.30. The van der Waals surface area contributed by atoms with Crippen molar-refractivity contribution >= 4 is 0 Å². The van der Waals surface area contributed by atoms with Gasteiger partial charge in [0.15, 0.2) is 0 Å². The van der Waals surface area contributed by atoms with Crippen LogP contribution in [0.3, 0.4) is 0 Å². The maximum absolute atomic E-state index is 5.63. The van der Waals surface area contributed by atoms with Crippen LogP contribution in [0.2, 0.25) is 0 Å². The number of unbranched alkanes of at least 4 members (excludes halogenated alkanes) is 1. The smallest absolute Gasteiger partial charge is 0.105 e. The summed E-state index contributed by atoms with van der Waals surface area (Å²) in [7, 11) is 0. The second-order valence-electron chi connectivity index (χ2n) is 5.44. The van der Waals surface area contributed by atoms with Gasteiger partial charge in [0.2, 0.25) is 0 Å². The van der Waals surface area contributed by atoms with E-state index in [2.05, 4.69) is 42.6 Å². The Morgan fingerprint density at radius 3 is 2.84 bits per heavy atom. The Bertz CT molecular complexity index is 347. The number of hydrogen-bond donors (Lipinski definition) is 1. The highest BCUT2D eigenvalue weighted by Crippen LogP contribution is 2.05. The molecule has 4 nitrogen and oxygen atoms in total. The third kappa shape index (κ3) is 6.21. The van der Waals surface area contributed by atoms with Gasteiger partial charge in [0, 0.05) is 25.9 Å². The molecule has 0 atom stereocenters. The molecule has 1 aromatic rings. The number of ether oxygens (including phenoxy) is 1. The molecule has 0 saturated heterocycles. The van der Waals surface area contributed by atoms with Crippen LogP contribution in [0.25, 0.3) is 0 Å². The Hall–Kier alpha value is -0.870. The highest BCUT2D eigenvalue weighted by Gasteiger charge is 2.06. The Kier molecular flexibility index (Phi) is 7.75. The van der Waals surface area contributed by atoms with Crippen LogP contribution >= 0.6 is 0 Å². The van der Waals surface area contributed by atoms with E-state index in [9.17, 15) is 0 Å². The molecule has 0 aliphatic rings. The zero-order chi connectivity index (χ0) is 14.1. The highest BCUT2D eigenvalue weighted by atomic mass is 16.5. The second-order valence-corrected chi connectivity index (χ2v) is 5.44. The number of hydrogen-bond acceptors (Lipinski definition) is 3. The fourth-order valence-corrected chi connectivity index (χ4v) is 1.95. The summed E-state index contributed by atoms with van der Waals surface area (Å²) in [6, 6.07) is 0. The zero-order valence-corrected chi connectivity index (χ0v) is 12.9. The van der Waals surface area contributed by atoms with Crippen molar-refractivity contribution in [1.82, 2.24) is 14.9 Å². The summed E-state index contributed by atoms with van der Waals surface area (Å²) in [5.74, 6) is 1.75. The fourth-order valence-electron chi connectivity index (χ4n) is 1.95. The summed E-state index contributed by atoms with van der Waals surface area (Å²) >= 11 is 0. The number of imidazole rings is 1. The van der Waals surface area contributed by atoms with Crippen molar-refractivity contribution in [1.29, 1.82) is 0 Å². The number of nitrogens with zero attached hydrogens (tertiary/aromatic N) is 2. The van der Waals surface area contributed by atoms with Crippen molar-refractivity contribution in [3.8, 4) is 0 Å². The van der Waals surface area contributed by atoms with Gasteiger partial charge in [0.05, 0.1) is 12.3 Å². The van der Waals surface area contributed by atoms with Crippen molar-refractivity contribution < 1.29 is 4.74 Å². The van der Waals surface area contributed by atoms with Gasteiger partial charge < -0.3 is 14.6 Å². The van der Waals surface area contributed by atoms with Crippen LogP contribution in [-0.4, -0.2) is 29.3 Å². The van der Waals surface area contributed by atoms with Crippen molar-refractivity contribution in [2.45, 2.75) is 53.6 Å². The normalized spacial score (nSPS) is 11.4. The first kappa shape index (κ1) is 16.2. The van der Waals surface area contributed by atoms with Crippen molar-refractivity contribution in [3.63, 3.8) is 0 Å². The molecule has 0 radical (unpaired) electrons. The molecule has 0 aliphatic carbocycles. The first-order chi connectivity index (χ1) is 9.15. The predicted molar refractivity (Wildman–Crippen MR) is 79.2 cm³/mol. The third-order valence-electron chi connectivity index (χ3n) is 3.10. The molecule has 0 aromatic carbocycles. The second kappa shape index (κ2) is 9.10. The zero-order valence-electron chi connectivity index (χ0n) is 12.9. The molecule has 1 heterocycles. The van der Waals surface area contributed by atoms with Gasteiger partial charge >= 0.3 is 0 Å². The lowest BCUT2D eigenvalue weighted by Crippen LogP contribution is -2.21. The van der Waals surface area contributed by atoms with E-state index in [-0.39, 0.29) is 0 Å². The molecular formula is C15H29N3O. The Morgan fingerprint density at radius 2 is 2.16 bits per heavy atom. The lowest BCUT2D eigenvalue weighted by molar-refractivity contribution is 0.122. The third-order valence-corrected chi connectivity index (χ3v) is 3.10. The molecule has 1 rings (SSSR count). The average Bonchev–Trinajstić information content (AvgIpc) is 2.70. The number of aromatic nitrogens is 2. The summed E-state index contributed by atoms with van der Waals surface area (Å²) in [5, 5.41) is 3.46. The van der Waals surface area contributed by atoms with Gasteiger partial charge in [-0.25, -0.2) is 4.98 Å². The molecular weight excluding hydrogens is 238 g/mol. The van der Waals surface area contributed by atoms with Crippen molar-refractivity contribution in [2.24, 2.45) is 5.92 Å². The average molecular weight is 267 g/mol. The molecule has 0 unspecified atom stereocenters. The van der Waals surface area contributed by atoms with Gasteiger partial charge in [-0.05, 0) is 25.8 Å². The number of rotatable bonds is 10. The largest absolute Gasteiger partial charge is 0.380 e. The topological polar surface area (TPSA) is 39.1 Å². The SMILES string of the molecule is CCCCOCCn1c(CNCC(C)C)cnc1C. The predicted octanol–water partition coefficient (Wildman–Crippen LogP) is 2.75. The molecule has 0 bridgehead atoms. The summed E-state index contributed by atoms with van der Waals surface area (Å²) in [4.78, 5) is 4.40. The van der Waals surface area contributed by atoms with Gasteiger partial charge in [-0.15, -0.1) is 0 Å². The first-order valence-corrected chi connectivity index (χ1v) is 7.44. The minimum Gasteiger partial charge on any atom is -0.380 e. The van der Waals surface area contributed by atoms with Gasteiger partial charge in [-0.3, -0.25) is 0 Å². The lowest BCUT2D eigenvalue weighted by atomic mass is 10.2. The highest BCUT2D eigenvalue weighted by molar-refractivity contribution is 5.04. The van der Waals surface area contributed by atoms with Crippen LogP contribution in [0.15, 0.2) is 6.20 Å². The van der Waals surface area contributed by atoms with Crippen LogP contribution in [-0.2, 0) is 17.8 Å². The lowest BCUT2D eigenvalue weighted by Gasteiger charge is -2.12. The molecule has 1 aromatic heterocycles. The maximum Gasteiger partial charge on any atom is 0.105 e. The molecule has 110 valence electrons. The maximum atomic E-state index is 5.63. The molecule has 4 heteroatoms. The van der Waals surface area contributed by atoms with Crippen LogP contribution < -0.4 is 5.32 Å². The molecule has 0 aliphatic heterocycles. The van der Waals surface area contributed by atoms with E-state index in [0.29, 0.717) is 5.92 Å². The first-order valence-electron chi connectivity index (χ1n) is 7.44. The molecule has 0 amide bonds. The Balaban J connectivity index is 2.36. The van der Waals surface area contributed by atoms with Gasteiger partial charge in [0.25, 0.3) is 0 Å². The minimum absolute atomic E-state index is 0.676. The monoisotopic (exact) mass is 267 g/mol. The Labute approximate surface area is 117 Å². The minimum atomic E-state index is 0.676. The number of nitrogens with one attached hydrogen (secondary N) is 1. The van der Waals surface area contributed by atoms with Crippen molar-refractivity contribution in [2.75, 3.05) is 19.8 Å². The molecule has 1 N–H and O–H groups in total. The molecule has 19 heavy (non-hydrogen) atoms. The standard InChI is InChI=1S/C15H29N3O/c1-5-6-8-19-9-7-18-14(4)17-12-15(18)11-16-10-13(2)3/h12-13,16H,5-11H2,1-4H3. The summed E-state index contributed by atoms with van der Waals surface area (Å²) < 4.78 is 7.88. The van der Waals surface area contributed by atoms with Gasteiger partial charge in [-0.2, -0.15) is 0 Å². The quantitative estimate of drug-likeness (QED) is 0.663. The summed E-state index contributed by atoms with van der Waals surface area (Å²) in [5.41, 5.74) is 1.25. The fraction of sp³-hybridized carbons (Fsp3) is 0.800. The Morgan fingerprint density at radius 1 is 1.37 bits per heavy atom. The summed E-state index contributed by atoms with van der Waals surface area (Å²) in [6.45, 7) is 13.1. The molecule has 0 saturated carbocycles. The molecule has 0 spiro atoms. The van der Waals surface area contributed by atoms with Crippen LogP contribution in [0.1, 0.15) is 45.1 Å². The van der Waals surface area contributed by atoms with Gasteiger partial charge in [-0.1, -0.05) is 27.2 Å². The van der Waals surface area contributed by atoms with E-state index >= 15 is 0 Å². The van der Waals surface area contributed by atoms with Crippen molar-refractivity contribution in [3.05, 3.63) is 17.7 Å². The van der Waals surface area contributed by atoms with E-state index in [1.807, 2.05) is 6.20 Å². The van der Waals surface area contributed by atoms with E-state index < -0.39 is 0 Å². The van der Waals surface area contributed by atoms with Crippen LogP contribution in [0, 0.1) is 12.8 Å². The van der Waals surface area contributed by atoms with E-state index in [4.69, 9.17) is 4.74 Å². The number of aryl methyl sites for hydroxylation is 1. The van der Waals surface area contributed by atoms with Crippen LogP contribution in [0.5, 0.6) is 0 Å². The van der Waals surface area contributed by atoms with E-state index in [1.165, 1.54) is 12.1 Å². The van der Waals surface area contributed by atoms with E-state index in [1.54, 1.807) is 0 Å².